The van der Waals surface area contributed by atoms with E-state index in [9.17, 15) is 4.79 Å². The van der Waals surface area contributed by atoms with Crippen molar-refractivity contribution in [3.05, 3.63) is 40.5 Å². The molecule has 2 N–H and O–H groups in total. The maximum absolute atomic E-state index is 12.5. The summed E-state index contributed by atoms with van der Waals surface area (Å²) < 4.78 is 9.15. The van der Waals surface area contributed by atoms with Crippen LogP contribution in [0.4, 0.5) is 0 Å². The number of aromatic nitrogens is 3. The predicted octanol–water partition coefficient (Wildman–Crippen LogP) is 2.37. The van der Waals surface area contributed by atoms with E-state index < -0.39 is 0 Å². The molecule has 0 aliphatic carbocycles. The van der Waals surface area contributed by atoms with Gasteiger partial charge in [-0.05, 0) is 64.3 Å². The Labute approximate surface area is 206 Å². The largest absolute Gasteiger partial charge is 0.468 e. The summed E-state index contributed by atoms with van der Waals surface area (Å²) >= 11 is 0. The van der Waals surface area contributed by atoms with Gasteiger partial charge in [0.15, 0.2) is 5.96 Å². The van der Waals surface area contributed by atoms with E-state index in [-0.39, 0.29) is 35.7 Å². The highest BCUT2D eigenvalue weighted by Crippen LogP contribution is 2.25. The van der Waals surface area contributed by atoms with Crippen molar-refractivity contribution in [2.75, 3.05) is 32.7 Å². The van der Waals surface area contributed by atoms with Gasteiger partial charge in [0.2, 0.25) is 0 Å². The van der Waals surface area contributed by atoms with Crippen LogP contribution in [0, 0.1) is 0 Å². The molecule has 2 aliphatic rings. The van der Waals surface area contributed by atoms with Gasteiger partial charge in [0.05, 0.1) is 18.8 Å². The molecule has 9 nitrogen and oxygen atoms in total. The minimum atomic E-state index is 0. The van der Waals surface area contributed by atoms with Crippen LogP contribution in [0.5, 0.6) is 0 Å². The molecule has 1 atom stereocenters. The quantitative estimate of drug-likeness (QED) is 0.213. The highest BCUT2D eigenvalue weighted by Gasteiger charge is 2.25. The molecule has 2 aromatic heterocycles. The Hall–Kier alpha value is -1.82. The minimum absolute atomic E-state index is 0. The number of nitrogens with one attached hydrogen (secondary N) is 2. The highest BCUT2D eigenvalue weighted by atomic mass is 127. The molecule has 0 amide bonds. The Morgan fingerprint density at radius 3 is 2.75 bits per heavy atom. The average Bonchev–Trinajstić information content (AvgIpc) is 3.55. The van der Waals surface area contributed by atoms with E-state index in [1.165, 1.54) is 12.8 Å². The lowest BCUT2D eigenvalue weighted by atomic mass is 10.2. The zero-order valence-corrected chi connectivity index (χ0v) is 21.3. The fraction of sp³-hybridized carbons (Fsp3) is 0.682. The molecule has 4 rings (SSSR count). The van der Waals surface area contributed by atoms with E-state index in [2.05, 4.69) is 27.6 Å². The Balaban J connectivity index is 0.00000289. The highest BCUT2D eigenvalue weighted by molar-refractivity contribution is 14.0. The summed E-state index contributed by atoms with van der Waals surface area (Å²) in [4.78, 5) is 19.7. The van der Waals surface area contributed by atoms with Gasteiger partial charge in [0.1, 0.15) is 11.6 Å². The first-order valence-electron chi connectivity index (χ1n) is 11.7. The average molecular weight is 557 g/mol. The molecule has 0 aromatic carbocycles. The normalized spacial score (nSPS) is 17.6. The van der Waals surface area contributed by atoms with E-state index in [0.717, 1.165) is 76.0 Å². The molecule has 1 fully saturated rings. The molecule has 0 saturated carbocycles. The van der Waals surface area contributed by atoms with Crippen molar-refractivity contribution in [3.8, 4) is 0 Å². The number of halogens is 1. The molecule has 0 spiro atoms. The van der Waals surface area contributed by atoms with Crippen LogP contribution < -0.4 is 16.3 Å². The Morgan fingerprint density at radius 1 is 1.22 bits per heavy atom. The molecular weight excluding hydrogens is 521 g/mol. The van der Waals surface area contributed by atoms with Crippen molar-refractivity contribution in [1.29, 1.82) is 0 Å². The second-order valence-corrected chi connectivity index (χ2v) is 8.30. The molecule has 32 heavy (non-hydrogen) atoms. The van der Waals surface area contributed by atoms with Gasteiger partial charge in [-0.1, -0.05) is 0 Å². The van der Waals surface area contributed by atoms with Gasteiger partial charge in [-0.3, -0.25) is 14.5 Å². The molecule has 2 aliphatic heterocycles. The van der Waals surface area contributed by atoms with Crippen LogP contribution in [0.1, 0.15) is 56.7 Å². The summed E-state index contributed by atoms with van der Waals surface area (Å²) in [5, 5.41) is 11.2. The van der Waals surface area contributed by atoms with Gasteiger partial charge in [-0.2, -0.15) is 5.10 Å². The monoisotopic (exact) mass is 557 g/mol. The Kier molecular flexibility index (Phi) is 9.64. The molecule has 4 heterocycles. The Bertz CT molecular complexity index is 900. The standard InChI is InChI=1S/C22H35N7O2.HI/c1-2-23-21(25-17-18(19-9-7-16-31-19)27-12-5-6-13-27)24-11-8-15-29-22(30)28-14-4-3-10-20(28)26-29;/h7,9,16,18H,2-6,8,10-15,17H2,1H3,(H2,23,24,25);1H. The molecule has 1 unspecified atom stereocenters. The van der Waals surface area contributed by atoms with Crippen LogP contribution in [-0.2, 0) is 19.5 Å². The number of fused-ring (bicyclic) bond motifs is 1. The van der Waals surface area contributed by atoms with E-state index >= 15 is 0 Å². The number of aliphatic imine (C=N–C) groups is 1. The van der Waals surface area contributed by atoms with Crippen LogP contribution in [0.25, 0.3) is 0 Å². The summed E-state index contributed by atoms with van der Waals surface area (Å²) in [6, 6.07) is 4.16. The molecule has 2 aromatic rings. The topological polar surface area (TPSA) is 92.6 Å². The van der Waals surface area contributed by atoms with E-state index in [1.54, 1.807) is 10.9 Å². The van der Waals surface area contributed by atoms with Gasteiger partial charge in [0.25, 0.3) is 0 Å². The third-order valence-electron chi connectivity index (χ3n) is 6.09. The van der Waals surface area contributed by atoms with Crippen LogP contribution in [0.3, 0.4) is 0 Å². The second kappa shape index (κ2) is 12.4. The van der Waals surface area contributed by atoms with E-state index in [1.807, 2.05) is 16.7 Å². The maximum atomic E-state index is 12.5. The number of furan rings is 1. The molecule has 0 radical (unpaired) electrons. The molecule has 178 valence electrons. The first-order chi connectivity index (χ1) is 15.3. The van der Waals surface area contributed by atoms with Crippen molar-refractivity contribution < 1.29 is 4.42 Å². The van der Waals surface area contributed by atoms with Gasteiger partial charge < -0.3 is 15.1 Å². The fourth-order valence-corrected chi connectivity index (χ4v) is 4.47. The lowest BCUT2D eigenvalue weighted by Crippen LogP contribution is -2.39. The molecular formula is C22H36IN7O2. The summed E-state index contributed by atoms with van der Waals surface area (Å²) in [6.07, 6.45) is 8.11. The number of rotatable bonds is 9. The lowest BCUT2D eigenvalue weighted by Gasteiger charge is -2.24. The summed E-state index contributed by atoms with van der Waals surface area (Å²) in [6.45, 7) is 7.85. The van der Waals surface area contributed by atoms with Crippen LogP contribution >= 0.6 is 24.0 Å². The van der Waals surface area contributed by atoms with Crippen molar-refractivity contribution in [1.82, 2.24) is 29.9 Å². The number of aryl methyl sites for hydroxylation is 2. The lowest BCUT2D eigenvalue weighted by molar-refractivity contribution is 0.221. The summed E-state index contributed by atoms with van der Waals surface area (Å²) in [5.74, 6) is 2.71. The molecule has 0 bridgehead atoms. The van der Waals surface area contributed by atoms with Crippen LogP contribution in [0.15, 0.2) is 32.6 Å². The minimum Gasteiger partial charge on any atom is -0.468 e. The van der Waals surface area contributed by atoms with Crippen molar-refractivity contribution in [2.24, 2.45) is 4.99 Å². The van der Waals surface area contributed by atoms with Gasteiger partial charge >= 0.3 is 5.69 Å². The van der Waals surface area contributed by atoms with Crippen molar-refractivity contribution >= 4 is 29.9 Å². The third kappa shape index (κ3) is 6.15. The zero-order valence-electron chi connectivity index (χ0n) is 19.0. The van der Waals surface area contributed by atoms with Crippen LogP contribution in [0.2, 0.25) is 0 Å². The fourth-order valence-electron chi connectivity index (χ4n) is 4.47. The maximum Gasteiger partial charge on any atom is 0.345 e. The SMILES string of the molecule is CCNC(=NCC(c1ccco1)N1CCCC1)NCCCn1nc2n(c1=O)CCCC2.I. The Morgan fingerprint density at radius 2 is 2.03 bits per heavy atom. The van der Waals surface area contributed by atoms with Gasteiger partial charge in [-0.25, -0.2) is 9.48 Å². The number of guanidine groups is 1. The number of likely N-dealkylation sites (tertiary alicyclic amines) is 1. The third-order valence-corrected chi connectivity index (χ3v) is 6.09. The molecule has 1 saturated heterocycles. The first kappa shape index (κ1) is 24.8. The number of nitrogens with zero attached hydrogens (tertiary/aromatic N) is 5. The van der Waals surface area contributed by atoms with E-state index in [4.69, 9.17) is 9.41 Å². The summed E-state index contributed by atoms with van der Waals surface area (Å²) in [7, 11) is 0. The second-order valence-electron chi connectivity index (χ2n) is 8.30. The van der Waals surface area contributed by atoms with Gasteiger partial charge in [0, 0.05) is 32.6 Å². The van der Waals surface area contributed by atoms with Crippen molar-refractivity contribution in [3.63, 3.8) is 0 Å². The summed E-state index contributed by atoms with van der Waals surface area (Å²) in [5.41, 5.74) is 0.0298. The number of hydrogen-bond donors (Lipinski definition) is 2. The van der Waals surface area contributed by atoms with Gasteiger partial charge in [-0.15, -0.1) is 24.0 Å². The first-order valence-corrected chi connectivity index (χ1v) is 11.7. The smallest absolute Gasteiger partial charge is 0.345 e. The van der Waals surface area contributed by atoms with E-state index in [0.29, 0.717) is 13.1 Å². The van der Waals surface area contributed by atoms with Crippen molar-refractivity contribution in [2.45, 2.75) is 64.6 Å². The van der Waals surface area contributed by atoms with Crippen LogP contribution in [-0.4, -0.2) is 57.9 Å². The predicted molar refractivity (Wildman–Crippen MR) is 136 cm³/mol. The molecule has 10 heteroatoms. The number of hydrogen-bond acceptors (Lipinski definition) is 5. The zero-order chi connectivity index (χ0) is 21.5.